The normalized spacial score (nSPS) is 15.7. The number of piperidine rings is 1. The molecule has 1 fully saturated rings. The number of benzene rings is 2. The van der Waals surface area contributed by atoms with Gasteiger partial charge in [0.05, 0.1) is 4.90 Å². The van der Waals surface area contributed by atoms with Crippen molar-refractivity contribution in [1.82, 2.24) is 9.62 Å². The number of sulfonamides is 1. The Bertz CT molecular complexity index is 998. The summed E-state index contributed by atoms with van der Waals surface area (Å²) in [5, 5.41) is 5.76. The Morgan fingerprint density at radius 2 is 1.67 bits per heavy atom. The summed E-state index contributed by atoms with van der Waals surface area (Å²) < 4.78 is 26.9. The third-order valence-electron chi connectivity index (χ3n) is 5.09. The van der Waals surface area contributed by atoms with E-state index in [1.807, 2.05) is 0 Å². The molecular formula is C22H27N3O4S. The van der Waals surface area contributed by atoms with E-state index < -0.39 is 10.0 Å². The molecule has 2 aromatic carbocycles. The largest absolute Gasteiger partial charge is 0.349 e. The molecule has 0 aliphatic carbocycles. The summed E-state index contributed by atoms with van der Waals surface area (Å²) in [6, 6.07) is 15.1. The first-order chi connectivity index (χ1) is 14.3. The van der Waals surface area contributed by atoms with E-state index in [0.717, 1.165) is 0 Å². The van der Waals surface area contributed by atoms with E-state index in [4.69, 9.17) is 0 Å². The highest BCUT2D eigenvalue weighted by Crippen LogP contribution is 2.21. The second kappa shape index (κ2) is 9.40. The van der Waals surface area contributed by atoms with Crippen LogP contribution in [0.2, 0.25) is 0 Å². The molecule has 160 valence electrons. The number of hydrogen-bond donors (Lipinski definition) is 2. The summed E-state index contributed by atoms with van der Waals surface area (Å²) in [6.45, 7) is 4.31. The summed E-state index contributed by atoms with van der Waals surface area (Å²) in [7, 11) is -3.51. The highest BCUT2D eigenvalue weighted by Gasteiger charge is 2.30. The number of rotatable bonds is 6. The number of hydrogen-bond acceptors (Lipinski definition) is 4. The molecule has 2 aromatic rings. The Kier molecular flexibility index (Phi) is 6.89. The molecule has 1 heterocycles. The van der Waals surface area contributed by atoms with Gasteiger partial charge in [0.2, 0.25) is 15.9 Å². The lowest BCUT2D eigenvalue weighted by molar-refractivity contribution is -0.118. The van der Waals surface area contributed by atoms with Crippen LogP contribution in [0, 0.1) is 5.92 Å². The topological polar surface area (TPSA) is 95.6 Å². The predicted molar refractivity (Wildman–Crippen MR) is 116 cm³/mol. The molecule has 7 nitrogen and oxygen atoms in total. The first-order valence-electron chi connectivity index (χ1n) is 10.0. The van der Waals surface area contributed by atoms with Crippen molar-refractivity contribution in [2.45, 2.75) is 37.6 Å². The molecule has 1 aliphatic rings. The van der Waals surface area contributed by atoms with Crippen molar-refractivity contribution in [3.8, 4) is 0 Å². The van der Waals surface area contributed by atoms with E-state index in [2.05, 4.69) is 10.6 Å². The summed E-state index contributed by atoms with van der Waals surface area (Å²) in [4.78, 5) is 24.8. The quantitative estimate of drug-likeness (QED) is 0.738. The van der Waals surface area contributed by atoms with Crippen molar-refractivity contribution in [1.29, 1.82) is 0 Å². The van der Waals surface area contributed by atoms with Crippen LogP contribution in [0.25, 0.3) is 0 Å². The van der Waals surface area contributed by atoms with Gasteiger partial charge in [0.15, 0.2) is 0 Å². The zero-order chi connectivity index (χ0) is 21.7. The predicted octanol–water partition coefficient (Wildman–Crippen LogP) is 2.86. The van der Waals surface area contributed by atoms with E-state index in [0.29, 0.717) is 37.2 Å². The molecule has 0 aromatic heterocycles. The molecule has 0 spiro atoms. The van der Waals surface area contributed by atoms with Crippen LogP contribution in [0.15, 0.2) is 59.5 Å². The number of carbonyl (C=O) groups excluding carboxylic acids is 2. The van der Waals surface area contributed by atoms with Gasteiger partial charge in [-0.05, 0) is 43.2 Å². The summed E-state index contributed by atoms with van der Waals surface area (Å²) in [6.07, 6.45) is 1.09. The van der Waals surface area contributed by atoms with E-state index in [1.54, 1.807) is 68.4 Å². The van der Waals surface area contributed by atoms with Crippen molar-refractivity contribution in [3.05, 3.63) is 60.2 Å². The minimum atomic E-state index is -3.51. The highest BCUT2D eigenvalue weighted by molar-refractivity contribution is 7.89. The third kappa shape index (κ3) is 5.25. The molecule has 2 N–H and O–H groups in total. The van der Waals surface area contributed by atoms with Crippen LogP contribution in [0.5, 0.6) is 0 Å². The first kappa shape index (κ1) is 22.0. The fourth-order valence-electron chi connectivity index (χ4n) is 3.28. The van der Waals surface area contributed by atoms with Gasteiger partial charge in [-0.25, -0.2) is 8.42 Å². The second-order valence-electron chi connectivity index (χ2n) is 7.69. The van der Waals surface area contributed by atoms with E-state index >= 15 is 0 Å². The Balaban J connectivity index is 1.57. The van der Waals surface area contributed by atoms with Crippen LogP contribution in [-0.2, 0) is 14.8 Å². The Labute approximate surface area is 177 Å². The lowest BCUT2D eigenvalue weighted by atomic mass is 10.1. The van der Waals surface area contributed by atoms with Gasteiger partial charge >= 0.3 is 0 Å². The SMILES string of the molecule is CC(C)C(=O)Nc1cccc(C(=O)NC2CCN(S(=O)(=O)c3ccccc3)CC2)c1. The molecule has 1 saturated heterocycles. The molecule has 3 rings (SSSR count). The molecule has 30 heavy (non-hydrogen) atoms. The van der Waals surface area contributed by atoms with Crippen molar-refractivity contribution >= 4 is 27.5 Å². The zero-order valence-corrected chi connectivity index (χ0v) is 18.0. The second-order valence-corrected chi connectivity index (χ2v) is 9.63. The molecule has 1 aliphatic heterocycles. The van der Waals surface area contributed by atoms with Crippen LogP contribution in [0.1, 0.15) is 37.0 Å². The minimum absolute atomic E-state index is 0.103. The number of nitrogens with zero attached hydrogens (tertiary/aromatic N) is 1. The number of amides is 2. The summed E-state index contributed by atoms with van der Waals surface area (Å²) >= 11 is 0. The van der Waals surface area contributed by atoms with Crippen molar-refractivity contribution < 1.29 is 18.0 Å². The maximum absolute atomic E-state index is 12.7. The van der Waals surface area contributed by atoms with Gasteiger partial charge in [0.25, 0.3) is 5.91 Å². The van der Waals surface area contributed by atoms with Crippen LogP contribution in [-0.4, -0.2) is 43.7 Å². The monoisotopic (exact) mass is 429 g/mol. The molecular weight excluding hydrogens is 402 g/mol. The van der Waals surface area contributed by atoms with Gasteiger partial charge in [0, 0.05) is 36.3 Å². The van der Waals surface area contributed by atoms with E-state index in [9.17, 15) is 18.0 Å². The molecule has 0 bridgehead atoms. The first-order valence-corrected chi connectivity index (χ1v) is 11.5. The lowest BCUT2D eigenvalue weighted by Gasteiger charge is -2.31. The van der Waals surface area contributed by atoms with E-state index in [-0.39, 0.29) is 28.7 Å². The van der Waals surface area contributed by atoms with Gasteiger partial charge in [-0.1, -0.05) is 38.1 Å². The average molecular weight is 430 g/mol. The van der Waals surface area contributed by atoms with Crippen molar-refractivity contribution in [2.75, 3.05) is 18.4 Å². The van der Waals surface area contributed by atoms with Crippen LogP contribution >= 0.6 is 0 Å². The fourth-order valence-corrected chi connectivity index (χ4v) is 4.77. The average Bonchev–Trinajstić information content (AvgIpc) is 2.75. The van der Waals surface area contributed by atoms with Crippen LogP contribution in [0.3, 0.4) is 0 Å². The van der Waals surface area contributed by atoms with Crippen LogP contribution < -0.4 is 10.6 Å². The third-order valence-corrected chi connectivity index (χ3v) is 7.00. The fraction of sp³-hybridized carbons (Fsp3) is 0.364. The smallest absolute Gasteiger partial charge is 0.251 e. The van der Waals surface area contributed by atoms with Gasteiger partial charge in [-0.15, -0.1) is 0 Å². The molecule has 0 atom stereocenters. The summed E-state index contributed by atoms with van der Waals surface area (Å²) in [5.41, 5.74) is 1.03. The molecule has 0 radical (unpaired) electrons. The van der Waals surface area contributed by atoms with Gasteiger partial charge in [0.1, 0.15) is 0 Å². The molecule has 8 heteroatoms. The van der Waals surface area contributed by atoms with Crippen molar-refractivity contribution in [3.63, 3.8) is 0 Å². The van der Waals surface area contributed by atoms with Crippen molar-refractivity contribution in [2.24, 2.45) is 5.92 Å². The number of nitrogens with one attached hydrogen (secondary N) is 2. The van der Waals surface area contributed by atoms with Gasteiger partial charge in [-0.3, -0.25) is 9.59 Å². The Morgan fingerprint density at radius 3 is 2.30 bits per heavy atom. The standard InChI is InChI=1S/C22H27N3O4S/c1-16(2)21(26)24-19-8-6-7-17(15-19)22(27)23-18-11-13-25(14-12-18)30(28,29)20-9-4-3-5-10-20/h3-10,15-16,18H,11-14H2,1-2H3,(H,23,27)(H,24,26). The maximum Gasteiger partial charge on any atom is 0.251 e. The van der Waals surface area contributed by atoms with Gasteiger partial charge < -0.3 is 10.6 Å². The molecule has 0 unspecified atom stereocenters. The maximum atomic E-state index is 12.7. The minimum Gasteiger partial charge on any atom is -0.349 e. The number of anilines is 1. The van der Waals surface area contributed by atoms with Gasteiger partial charge in [-0.2, -0.15) is 4.31 Å². The lowest BCUT2D eigenvalue weighted by Crippen LogP contribution is -2.46. The zero-order valence-electron chi connectivity index (χ0n) is 17.2. The Hall–Kier alpha value is -2.71. The van der Waals surface area contributed by atoms with Crippen LogP contribution in [0.4, 0.5) is 5.69 Å². The van der Waals surface area contributed by atoms with E-state index in [1.165, 1.54) is 4.31 Å². The Morgan fingerprint density at radius 1 is 1.00 bits per heavy atom. The number of carbonyl (C=O) groups is 2. The molecule has 0 saturated carbocycles. The summed E-state index contributed by atoms with van der Waals surface area (Å²) in [5.74, 6) is -0.501. The highest BCUT2D eigenvalue weighted by atomic mass is 32.2. The molecule has 2 amide bonds.